The van der Waals surface area contributed by atoms with Crippen molar-refractivity contribution in [2.75, 3.05) is 11.9 Å². The number of carbonyl (C=O) groups excluding carboxylic acids is 1. The van der Waals surface area contributed by atoms with Crippen LogP contribution in [0.15, 0.2) is 36.7 Å². The summed E-state index contributed by atoms with van der Waals surface area (Å²) >= 11 is 0. The Morgan fingerprint density at radius 3 is 2.62 bits per heavy atom. The first-order valence-corrected chi connectivity index (χ1v) is 8.91. The lowest BCUT2D eigenvalue weighted by atomic mass is 10.1. The van der Waals surface area contributed by atoms with E-state index in [1.54, 1.807) is 22.8 Å². The Kier molecular flexibility index (Phi) is 4.14. The van der Waals surface area contributed by atoms with Crippen LogP contribution < -0.4 is 5.32 Å². The Morgan fingerprint density at radius 1 is 1.31 bits per heavy atom. The van der Waals surface area contributed by atoms with Crippen molar-refractivity contribution in [3.8, 4) is 0 Å². The van der Waals surface area contributed by atoms with Gasteiger partial charge in [-0.15, -0.1) is 0 Å². The Hall–Kier alpha value is -2.83. The smallest absolute Gasteiger partial charge is 0.407 e. The average Bonchev–Trinajstić information content (AvgIpc) is 3.52. The highest BCUT2D eigenvalue weighted by Crippen LogP contribution is 2.46. The molecule has 136 valence electrons. The van der Waals surface area contributed by atoms with Gasteiger partial charge < -0.3 is 15.3 Å². The van der Waals surface area contributed by atoms with Gasteiger partial charge >= 0.3 is 6.09 Å². The minimum atomic E-state index is -0.815. The van der Waals surface area contributed by atoms with Crippen molar-refractivity contribution in [1.29, 1.82) is 0 Å². The maximum Gasteiger partial charge on any atom is 0.407 e. The molecule has 2 aromatic rings. The molecule has 2 aliphatic carbocycles. The van der Waals surface area contributed by atoms with E-state index in [2.05, 4.69) is 10.4 Å². The zero-order valence-electron chi connectivity index (χ0n) is 14.6. The van der Waals surface area contributed by atoms with Crippen LogP contribution in [0.25, 0.3) is 0 Å². The fraction of sp³-hybridized carbons (Fsp3) is 0.421. The van der Waals surface area contributed by atoms with E-state index in [9.17, 15) is 14.7 Å². The Labute approximate surface area is 151 Å². The van der Waals surface area contributed by atoms with Crippen LogP contribution in [0, 0.1) is 5.92 Å². The SMILES string of the molecule is Cn1cc(C(=O)Nc2ccc(C3CC3N(CC3CC3)C(=O)O)cc2)cn1. The minimum absolute atomic E-state index is 0.0870. The van der Waals surface area contributed by atoms with E-state index in [4.69, 9.17) is 0 Å². The second kappa shape index (κ2) is 6.48. The summed E-state index contributed by atoms with van der Waals surface area (Å²) in [6.45, 7) is 0.662. The second-order valence-electron chi connectivity index (χ2n) is 7.27. The van der Waals surface area contributed by atoms with Gasteiger partial charge in [0.25, 0.3) is 5.91 Å². The number of carbonyl (C=O) groups is 2. The molecule has 7 heteroatoms. The van der Waals surface area contributed by atoms with Crippen LogP contribution in [0.2, 0.25) is 0 Å². The van der Waals surface area contributed by atoms with Crippen LogP contribution >= 0.6 is 0 Å². The number of carboxylic acid groups (broad SMARTS) is 1. The van der Waals surface area contributed by atoms with Crippen LogP contribution in [0.5, 0.6) is 0 Å². The van der Waals surface area contributed by atoms with Crippen molar-refractivity contribution >= 4 is 17.7 Å². The topological polar surface area (TPSA) is 87.5 Å². The summed E-state index contributed by atoms with van der Waals surface area (Å²) < 4.78 is 1.58. The molecule has 2 unspecified atom stereocenters. The Bertz CT molecular complexity index is 826. The first-order chi connectivity index (χ1) is 12.5. The van der Waals surface area contributed by atoms with Crippen molar-refractivity contribution < 1.29 is 14.7 Å². The number of rotatable bonds is 6. The Balaban J connectivity index is 1.37. The van der Waals surface area contributed by atoms with Gasteiger partial charge in [0.05, 0.1) is 11.8 Å². The van der Waals surface area contributed by atoms with Gasteiger partial charge in [-0.25, -0.2) is 4.79 Å². The summed E-state index contributed by atoms with van der Waals surface area (Å²) in [4.78, 5) is 25.3. The largest absolute Gasteiger partial charge is 0.465 e. The van der Waals surface area contributed by atoms with Crippen molar-refractivity contribution in [2.45, 2.75) is 31.2 Å². The number of aryl methyl sites for hydroxylation is 1. The molecule has 1 heterocycles. The average molecular weight is 354 g/mol. The molecule has 7 nitrogen and oxygen atoms in total. The van der Waals surface area contributed by atoms with E-state index in [1.165, 1.54) is 6.20 Å². The number of benzene rings is 1. The van der Waals surface area contributed by atoms with E-state index >= 15 is 0 Å². The summed E-state index contributed by atoms with van der Waals surface area (Å²) in [6, 6.07) is 7.76. The maximum absolute atomic E-state index is 12.1. The van der Waals surface area contributed by atoms with Gasteiger partial charge in [0, 0.05) is 37.4 Å². The molecule has 2 N–H and O–H groups in total. The monoisotopic (exact) mass is 354 g/mol. The highest BCUT2D eigenvalue weighted by Gasteiger charge is 2.46. The zero-order valence-corrected chi connectivity index (χ0v) is 14.6. The molecule has 0 bridgehead atoms. The third kappa shape index (κ3) is 3.56. The zero-order chi connectivity index (χ0) is 18.3. The Morgan fingerprint density at radius 2 is 2.04 bits per heavy atom. The molecule has 2 aliphatic rings. The quantitative estimate of drug-likeness (QED) is 0.835. The molecule has 1 aromatic heterocycles. The highest BCUT2D eigenvalue weighted by atomic mass is 16.4. The first-order valence-electron chi connectivity index (χ1n) is 8.91. The predicted octanol–water partition coefficient (Wildman–Crippen LogP) is 2.92. The minimum Gasteiger partial charge on any atom is -0.465 e. The highest BCUT2D eigenvalue weighted by molar-refractivity contribution is 6.03. The number of amides is 2. The van der Waals surface area contributed by atoms with E-state index in [1.807, 2.05) is 24.3 Å². The normalized spacial score (nSPS) is 21.3. The van der Waals surface area contributed by atoms with Gasteiger partial charge in [-0.3, -0.25) is 9.48 Å². The summed E-state index contributed by atoms with van der Waals surface area (Å²) in [7, 11) is 1.77. The molecule has 2 amide bonds. The van der Waals surface area contributed by atoms with Gasteiger partial charge in [-0.05, 0) is 42.9 Å². The maximum atomic E-state index is 12.1. The summed E-state index contributed by atoms with van der Waals surface area (Å²) in [6.07, 6.45) is 5.54. The van der Waals surface area contributed by atoms with Gasteiger partial charge in [0.15, 0.2) is 0 Å². The van der Waals surface area contributed by atoms with Gasteiger partial charge in [0.1, 0.15) is 0 Å². The molecule has 26 heavy (non-hydrogen) atoms. The molecule has 4 rings (SSSR count). The first kappa shape index (κ1) is 16.6. The predicted molar refractivity (Wildman–Crippen MR) is 96.2 cm³/mol. The number of aromatic nitrogens is 2. The molecule has 0 radical (unpaired) electrons. The fourth-order valence-corrected chi connectivity index (χ4v) is 3.37. The molecule has 2 saturated carbocycles. The fourth-order valence-electron chi connectivity index (χ4n) is 3.37. The van der Waals surface area contributed by atoms with Crippen molar-refractivity contribution in [2.24, 2.45) is 13.0 Å². The van der Waals surface area contributed by atoms with Crippen molar-refractivity contribution in [3.05, 3.63) is 47.8 Å². The molecular formula is C19H22N4O3. The molecule has 0 saturated heterocycles. The summed E-state index contributed by atoms with van der Waals surface area (Å²) in [5, 5.41) is 16.3. The molecule has 0 spiro atoms. The number of hydrogen-bond acceptors (Lipinski definition) is 3. The van der Waals surface area contributed by atoms with E-state index in [-0.39, 0.29) is 17.9 Å². The van der Waals surface area contributed by atoms with E-state index < -0.39 is 6.09 Å². The van der Waals surface area contributed by atoms with Gasteiger partial charge in [0.2, 0.25) is 0 Å². The van der Waals surface area contributed by atoms with Gasteiger partial charge in [-0.2, -0.15) is 5.10 Å². The number of nitrogens with one attached hydrogen (secondary N) is 1. The van der Waals surface area contributed by atoms with Crippen LogP contribution in [0.4, 0.5) is 10.5 Å². The van der Waals surface area contributed by atoms with Gasteiger partial charge in [-0.1, -0.05) is 12.1 Å². The van der Waals surface area contributed by atoms with Crippen molar-refractivity contribution in [1.82, 2.24) is 14.7 Å². The van der Waals surface area contributed by atoms with Crippen LogP contribution in [0.1, 0.15) is 41.1 Å². The third-order valence-electron chi connectivity index (χ3n) is 5.12. The lowest BCUT2D eigenvalue weighted by Crippen LogP contribution is -2.34. The molecule has 0 aliphatic heterocycles. The third-order valence-corrected chi connectivity index (χ3v) is 5.12. The lowest BCUT2D eigenvalue weighted by molar-refractivity contribution is 0.102. The van der Waals surface area contributed by atoms with E-state index in [0.29, 0.717) is 23.7 Å². The van der Waals surface area contributed by atoms with Crippen LogP contribution in [0.3, 0.4) is 0 Å². The number of nitrogens with zero attached hydrogens (tertiary/aromatic N) is 3. The molecule has 1 aromatic carbocycles. The van der Waals surface area contributed by atoms with E-state index in [0.717, 1.165) is 24.8 Å². The number of hydrogen-bond donors (Lipinski definition) is 2. The summed E-state index contributed by atoms with van der Waals surface area (Å²) in [5.74, 6) is 0.613. The molecule has 2 atom stereocenters. The second-order valence-corrected chi connectivity index (χ2v) is 7.27. The van der Waals surface area contributed by atoms with Crippen LogP contribution in [-0.2, 0) is 7.05 Å². The molecule has 2 fully saturated rings. The van der Waals surface area contributed by atoms with Crippen LogP contribution in [-0.4, -0.2) is 44.4 Å². The summed E-state index contributed by atoms with van der Waals surface area (Å²) in [5.41, 5.74) is 2.35. The van der Waals surface area contributed by atoms with Crippen molar-refractivity contribution in [3.63, 3.8) is 0 Å². The number of anilines is 1. The standard InChI is InChI=1S/C19H22N4O3/c1-22-11-14(9-20-22)18(24)21-15-6-4-13(5-7-15)16-8-17(16)23(19(25)26)10-12-2-3-12/h4-7,9,11-12,16-17H,2-3,8,10H2,1H3,(H,21,24)(H,25,26). The lowest BCUT2D eigenvalue weighted by Gasteiger charge is -2.19. The molecular weight excluding hydrogens is 332 g/mol.